The van der Waals surface area contributed by atoms with Crippen molar-refractivity contribution in [3.05, 3.63) is 0 Å². The second-order valence-corrected chi connectivity index (χ2v) is 4.63. The predicted molar refractivity (Wildman–Crippen MR) is 44.8 cm³/mol. The summed E-state index contributed by atoms with van der Waals surface area (Å²) in [7, 11) is 0. The molecular formula is C9H19N. The minimum Gasteiger partial charge on any atom is -0.325 e. The second kappa shape index (κ2) is 2.23. The fourth-order valence-corrected chi connectivity index (χ4v) is 2.53. The lowest BCUT2D eigenvalue weighted by molar-refractivity contribution is 0.0564. The Morgan fingerprint density at radius 1 is 1.30 bits per heavy atom. The maximum atomic E-state index is 6.09. The van der Waals surface area contributed by atoms with Crippen LogP contribution in [-0.2, 0) is 0 Å². The third-order valence-electron chi connectivity index (χ3n) is 2.41. The van der Waals surface area contributed by atoms with E-state index >= 15 is 0 Å². The van der Waals surface area contributed by atoms with Gasteiger partial charge in [0.05, 0.1) is 0 Å². The highest BCUT2D eigenvalue weighted by molar-refractivity contribution is 5.02. The van der Waals surface area contributed by atoms with Gasteiger partial charge in [-0.3, -0.25) is 0 Å². The van der Waals surface area contributed by atoms with E-state index in [-0.39, 0.29) is 5.54 Å². The summed E-state index contributed by atoms with van der Waals surface area (Å²) in [6.07, 6.45) is 4.87. The Balaban J connectivity index is 2.34. The van der Waals surface area contributed by atoms with E-state index in [9.17, 15) is 0 Å². The molecule has 0 bridgehead atoms. The molecule has 0 atom stereocenters. The van der Waals surface area contributed by atoms with Crippen LogP contribution in [-0.4, -0.2) is 5.54 Å². The molecule has 0 unspecified atom stereocenters. The number of nitrogens with two attached hydrogens (primary N) is 1. The first-order valence-electron chi connectivity index (χ1n) is 4.26. The van der Waals surface area contributed by atoms with Gasteiger partial charge in [-0.2, -0.15) is 0 Å². The normalized spacial score (nSPS) is 27.6. The molecule has 1 rings (SSSR count). The minimum absolute atomic E-state index is 0.207. The molecule has 0 aromatic carbocycles. The van der Waals surface area contributed by atoms with Crippen LogP contribution in [0, 0.1) is 5.41 Å². The van der Waals surface area contributed by atoms with Crippen LogP contribution in [0.25, 0.3) is 0 Å². The van der Waals surface area contributed by atoms with E-state index in [1.54, 1.807) is 0 Å². The molecule has 1 heteroatoms. The van der Waals surface area contributed by atoms with Crippen molar-refractivity contribution in [2.45, 2.75) is 52.0 Å². The molecule has 0 aromatic rings. The summed E-state index contributed by atoms with van der Waals surface area (Å²) in [4.78, 5) is 0. The van der Waals surface area contributed by atoms with Crippen LogP contribution in [0.1, 0.15) is 46.5 Å². The summed E-state index contributed by atoms with van der Waals surface area (Å²) in [5, 5.41) is 0. The minimum atomic E-state index is 0.207. The van der Waals surface area contributed by atoms with Gasteiger partial charge >= 0.3 is 0 Å². The van der Waals surface area contributed by atoms with Gasteiger partial charge in [0.1, 0.15) is 0 Å². The van der Waals surface area contributed by atoms with Gasteiger partial charge in [0.2, 0.25) is 0 Å². The fourth-order valence-electron chi connectivity index (χ4n) is 2.53. The van der Waals surface area contributed by atoms with Crippen LogP contribution < -0.4 is 5.73 Å². The van der Waals surface area contributed by atoms with Crippen LogP contribution in [0.4, 0.5) is 0 Å². The molecular weight excluding hydrogens is 122 g/mol. The van der Waals surface area contributed by atoms with Crippen molar-refractivity contribution in [1.29, 1.82) is 0 Å². The maximum absolute atomic E-state index is 6.09. The zero-order valence-corrected chi connectivity index (χ0v) is 7.41. The molecule has 0 aliphatic heterocycles. The Kier molecular flexibility index (Phi) is 1.80. The highest BCUT2D eigenvalue weighted by Crippen LogP contribution is 2.48. The average molecular weight is 141 g/mol. The first kappa shape index (κ1) is 8.06. The van der Waals surface area contributed by atoms with Crippen molar-refractivity contribution in [2.24, 2.45) is 11.1 Å². The van der Waals surface area contributed by atoms with Crippen LogP contribution in [0.2, 0.25) is 0 Å². The van der Waals surface area contributed by atoms with Gasteiger partial charge in [0.15, 0.2) is 0 Å². The third kappa shape index (κ3) is 1.51. The van der Waals surface area contributed by atoms with Gasteiger partial charge in [0, 0.05) is 5.54 Å². The molecule has 0 aromatic heterocycles. The Morgan fingerprint density at radius 2 is 1.80 bits per heavy atom. The van der Waals surface area contributed by atoms with Crippen molar-refractivity contribution in [2.75, 3.05) is 0 Å². The molecule has 1 aliphatic rings. The molecule has 1 fully saturated rings. The van der Waals surface area contributed by atoms with E-state index in [0.29, 0.717) is 5.41 Å². The predicted octanol–water partition coefficient (Wildman–Crippen LogP) is 2.30. The van der Waals surface area contributed by atoms with Crippen molar-refractivity contribution in [3.8, 4) is 0 Å². The zero-order valence-electron chi connectivity index (χ0n) is 7.41. The fraction of sp³-hybridized carbons (Fsp3) is 1.00. The first-order valence-corrected chi connectivity index (χ1v) is 4.26. The largest absolute Gasteiger partial charge is 0.325 e. The molecule has 60 valence electrons. The van der Waals surface area contributed by atoms with E-state index < -0.39 is 0 Å². The van der Waals surface area contributed by atoms with Crippen LogP contribution in [0.5, 0.6) is 0 Å². The SMILES string of the molecule is CCCC1(N)CC(C)(C)C1. The Morgan fingerprint density at radius 3 is 2.10 bits per heavy atom. The van der Waals surface area contributed by atoms with Crippen LogP contribution >= 0.6 is 0 Å². The Hall–Kier alpha value is -0.0400. The summed E-state index contributed by atoms with van der Waals surface area (Å²) in [6, 6.07) is 0. The van der Waals surface area contributed by atoms with Crippen molar-refractivity contribution < 1.29 is 0 Å². The Bertz CT molecular complexity index is 119. The molecule has 1 nitrogen and oxygen atoms in total. The van der Waals surface area contributed by atoms with Gasteiger partial charge in [-0.15, -0.1) is 0 Å². The molecule has 0 heterocycles. The number of hydrogen-bond donors (Lipinski definition) is 1. The topological polar surface area (TPSA) is 26.0 Å². The van der Waals surface area contributed by atoms with Gasteiger partial charge in [-0.1, -0.05) is 27.2 Å². The molecule has 0 spiro atoms. The summed E-state index contributed by atoms with van der Waals surface area (Å²) >= 11 is 0. The van der Waals surface area contributed by atoms with Crippen molar-refractivity contribution >= 4 is 0 Å². The van der Waals surface area contributed by atoms with Crippen LogP contribution in [0.15, 0.2) is 0 Å². The molecule has 0 amide bonds. The molecule has 10 heavy (non-hydrogen) atoms. The van der Waals surface area contributed by atoms with Crippen molar-refractivity contribution in [1.82, 2.24) is 0 Å². The van der Waals surface area contributed by atoms with Gasteiger partial charge < -0.3 is 5.73 Å². The summed E-state index contributed by atoms with van der Waals surface area (Å²) in [5.41, 5.74) is 6.83. The average Bonchev–Trinajstić information content (AvgIpc) is 1.58. The highest BCUT2D eigenvalue weighted by atomic mass is 14.8. The van der Waals surface area contributed by atoms with Crippen molar-refractivity contribution in [3.63, 3.8) is 0 Å². The standard InChI is InChI=1S/C9H19N/c1-4-5-9(10)6-8(2,3)7-9/h4-7,10H2,1-3H3. The number of rotatable bonds is 2. The van der Waals surface area contributed by atoms with E-state index in [2.05, 4.69) is 20.8 Å². The molecule has 1 saturated carbocycles. The van der Waals surface area contributed by atoms with E-state index in [4.69, 9.17) is 5.73 Å². The maximum Gasteiger partial charge on any atom is 0.0164 e. The highest BCUT2D eigenvalue weighted by Gasteiger charge is 2.45. The smallest absolute Gasteiger partial charge is 0.0164 e. The molecule has 0 saturated heterocycles. The lowest BCUT2D eigenvalue weighted by Crippen LogP contribution is -2.55. The molecule has 1 aliphatic carbocycles. The first-order chi connectivity index (χ1) is 4.47. The molecule has 0 radical (unpaired) electrons. The Labute approximate surface area is 64.0 Å². The summed E-state index contributed by atoms with van der Waals surface area (Å²) in [5.74, 6) is 0. The van der Waals surface area contributed by atoms with Gasteiger partial charge in [-0.25, -0.2) is 0 Å². The molecule has 2 N–H and O–H groups in total. The second-order valence-electron chi connectivity index (χ2n) is 4.63. The summed E-state index contributed by atoms with van der Waals surface area (Å²) in [6.45, 7) is 6.81. The summed E-state index contributed by atoms with van der Waals surface area (Å²) < 4.78 is 0. The van der Waals surface area contributed by atoms with E-state index in [1.165, 1.54) is 25.7 Å². The lowest BCUT2D eigenvalue weighted by atomic mass is 9.58. The van der Waals surface area contributed by atoms with Gasteiger partial charge in [-0.05, 0) is 24.7 Å². The monoisotopic (exact) mass is 141 g/mol. The van der Waals surface area contributed by atoms with Crippen LogP contribution in [0.3, 0.4) is 0 Å². The number of hydrogen-bond acceptors (Lipinski definition) is 1. The quantitative estimate of drug-likeness (QED) is 0.627. The zero-order chi connectivity index (χ0) is 7.83. The van der Waals surface area contributed by atoms with Gasteiger partial charge in [0.25, 0.3) is 0 Å². The third-order valence-corrected chi connectivity index (χ3v) is 2.41. The van der Waals surface area contributed by atoms with E-state index in [1.807, 2.05) is 0 Å². The van der Waals surface area contributed by atoms with E-state index in [0.717, 1.165) is 0 Å². The lowest BCUT2D eigenvalue weighted by Gasteiger charge is -2.51.